The third-order valence-corrected chi connectivity index (χ3v) is 4.41. The number of rotatable bonds is 4. The van der Waals surface area contributed by atoms with Gasteiger partial charge in [-0.3, -0.25) is 4.79 Å². The number of thiazole rings is 1. The molecule has 0 aromatic carbocycles. The van der Waals surface area contributed by atoms with Crippen LogP contribution >= 0.6 is 11.3 Å². The van der Waals surface area contributed by atoms with Crippen molar-refractivity contribution in [3.63, 3.8) is 0 Å². The lowest BCUT2D eigenvalue weighted by Crippen LogP contribution is -2.31. The van der Waals surface area contributed by atoms with Crippen LogP contribution < -0.4 is 4.90 Å². The maximum atomic E-state index is 10.9. The molecule has 2 rings (SSSR count). The van der Waals surface area contributed by atoms with Gasteiger partial charge in [0.1, 0.15) is 0 Å². The molecule has 2 heterocycles. The molecule has 1 saturated heterocycles. The van der Waals surface area contributed by atoms with Crippen molar-refractivity contribution in [3.05, 3.63) is 10.6 Å². The second kappa shape index (κ2) is 5.14. The van der Waals surface area contributed by atoms with E-state index >= 15 is 0 Å². The molecule has 1 aromatic rings. The topological polar surface area (TPSA) is 36.4 Å². The van der Waals surface area contributed by atoms with Crippen molar-refractivity contribution >= 4 is 22.8 Å². The van der Waals surface area contributed by atoms with Gasteiger partial charge in [0.2, 0.25) is 0 Å². The monoisotopic (exact) mass is 253 g/mol. The molecule has 1 aliphatic rings. The number of carbonyl (C=O) groups excluding carboxylic acids is 1. The molecule has 0 aliphatic carbocycles. The Balaban J connectivity index is 2.13. The Morgan fingerprint density at radius 2 is 2.35 bits per heavy atom. The van der Waals surface area contributed by atoms with E-state index in [2.05, 4.69) is 28.9 Å². The van der Waals surface area contributed by atoms with E-state index < -0.39 is 0 Å². The Labute approximate surface area is 106 Å². The van der Waals surface area contributed by atoms with E-state index in [0.717, 1.165) is 41.5 Å². The average molecular weight is 253 g/mol. The second-order valence-electron chi connectivity index (χ2n) is 4.63. The van der Waals surface area contributed by atoms with Gasteiger partial charge in [-0.1, -0.05) is 18.3 Å². The SMILES string of the molecule is CCc1nc(N2CCC(N(C)C)C2)sc1C=O. The first-order valence-electron chi connectivity index (χ1n) is 6.02. The van der Waals surface area contributed by atoms with Crippen molar-refractivity contribution in [2.24, 2.45) is 0 Å². The molecule has 0 radical (unpaired) electrons. The van der Waals surface area contributed by atoms with Gasteiger partial charge in [0.15, 0.2) is 11.4 Å². The van der Waals surface area contributed by atoms with Crippen LogP contribution in [0.25, 0.3) is 0 Å². The molecule has 0 amide bonds. The summed E-state index contributed by atoms with van der Waals surface area (Å²) in [6.07, 6.45) is 2.93. The number of likely N-dealkylation sites (N-methyl/N-ethyl adjacent to an activating group) is 1. The first kappa shape index (κ1) is 12.5. The summed E-state index contributed by atoms with van der Waals surface area (Å²) in [5.41, 5.74) is 0.938. The first-order valence-corrected chi connectivity index (χ1v) is 6.83. The van der Waals surface area contributed by atoms with E-state index in [9.17, 15) is 4.79 Å². The zero-order chi connectivity index (χ0) is 12.4. The standard InChI is InChI=1S/C12H19N3OS/c1-4-10-11(8-16)17-12(13-10)15-6-5-9(7-15)14(2)3/h8-9H,4-7H2,1-3H3. The van der Waals surface area contributed by atoms with Crippen molar-refractivity contribution in [1.82, 2.24) is 9.88 Å². The predicted molar refractivity (Wildman–Crippen MR) is 71.2 cm³/mol. The Bertz CT molecular complexity index is 402. The largest absolute Gasteiger partial charge is 0.346 e. The molecule has 1 unspecified atom stereocenters. The molecular formula is C12H19N3OS. The van der Waals surface area contributed by atoms with Crippen LogP contribution in [-0.2, 0) is 6.42 Å². The minimum Gasteiger partial charge on any atom is -0.346 e. The highest BCUT2D eigenvalue weighted by atomic mass is 32.1. The lowest BCUT2D eigenvalue weighted by Gasteiger charge is -2.19. The van der Waals surface area contributed by atoms with E-state index in [1.54, 1.807) is 0 Å². The summed E-state index contributed by atoms with van der Waals surface area (Å²) in [6.45, 7) is 4.10. The highest BCUT2D eigenvalue weighted by molar-refractivity contribution is 7.17. The molecule has 0 bridgehead atoms. The molecule has 1 atom stereocenters. The smallest absolute Gasteiger partial charge is 0.186 e. The lowest BCUT2D eigenvalue weighted by molar-refractivity contribution is 0.112. The Kier molecular flexibility index (Phi) is 3.79. The summed E-state index contributed by atoms with van der Waals surface area (Å²) in [5.74, 6) is 0. The summed E-state index contributed by atoms with van der Waals surface area (Å²) in [4.78, 5) is 20.8. The zero-order valence-electron chi connectivity index (χ0n) is 10.6. The number of carbonyl (C=O) groups is 1. The minimum absolute atomic E-state index is 0.601. The average Bonchev–Trinajstić information content (AvgIpc) is 2.94. The van der Waals surface area contributed by atoms with Crippen molar-refractivity contribution in [3.8, 4) is 0 Å². The van der Waals surface area contributed by atoms with E-state index in [-0.39, 0.29) is 0 Å². The maximum absolute atomic E-state index is 10.9. The van der Waals surface area contributed by atoms with Crippen LogP contribution in [-0.4, -0.2) is 49.4 Å². The predicted octanol–water partition coefficient (Wildman–Crippen LogP) is 1.66. The Hall–Kier alpha value is -0.940. The maximum Gasteiger partial charge on any atom is 0.186 e. The third-order valence-electron chi connectivity index (χ3n) is 3.32. The normalized spacial score (nSPS) is 20.2. The molecule has 5 heteroatoms. The molecule has 1 fully saturated rings. The number of aromatic nitrogens is 1. The summed E-state index contributed by atoms with van der Waals surface area (Å²) in [6, 6.07) is 0.601. The first-order chi connectivity index (χ1) is 8.15. The van der Waals surface area contributed by atoms with E-state index in [1.807, 2.05) is 6.92 Å². The van der Waals surface area contributed by atoms with Crippen molar-refractivity contribution in [2.45, 2.75) is 25.8 Å². The highest BCUT2D eigenvalue weighted by Gasteiger charge is 2.26. The van der Waals surface area contributed by atoms with E-state index in [0.29, 0.717) is 6.04 Å². The van der Waals surface area contributed by atoms with Crippen LogP contribution in [0.3, 0.4) is 0 Å². The van der Waals surface area contributed by atoms with Crippen molar-refractivity contribution in [2.75, 3.05) is 32.1 Å². The fourth-order valence-electron chi connectivity index (χ4n) is 2.17. The number of nitrogens with zero attached hydrogens (tertiary/aromatic N) is 3. The summed E-state index contributed by atoms with van der Waals surface area (Å²) >= 11 is 1.52. The molecular weight excluding hydrogens is 234 g/mol. The molecule has 94 valence electrons. The highest BCUT2D eigenvalue weighted by Crippen LogP contribution is 2.29. The second-order valence-corrected chi connectivity index (χ2v) is 5.64. The van der Waals surface area contributed by atoms with Crippen LogP contribution in [0.15, 0.2) is 0 Å². The number of anilines is 1. The molecule has 0 N–H and O–H groups in total. The Morgan fingerprint density at radius 3 is 2.82 bits per heavy atom. The van der Waals surface area contributed by atoms with Gasteiger partial charge in [0.05, 0.1) is 10.6 Å². The molecule has 1 aromatic heterocycles. The molecule has 0 saturated carbocycles. The fraction of sp³-hybridized carbons (Fsp3) is 0.667. The van der Waals surface area contributed by atoms with Crippen LogP contribution in [0.2, 0.25) is 0 Å². The van der Waals surface area contributed by atoms with Gasteiger partial charge in [-0.2, -0.15) is 0 Å². The van der Waals surface area contributed by atoms with Gasteiger partial charge in [0, 0.05) is 19.1 Å². The summed E-state index contributed by atoms with van der Waals surface area (Å²) < 4.78 is 0. The Morgan fingerprint density at radius 1 is 1.59 bits per heavy atom. The van der Waals surface area contributed by atoms with Crippen LogP contribution in [0.4, 0.5) is 5.13 Å². The minimum atomic E-state index is 0.601. The van der Waals surface area contributed by atoms with Crippen molar-refractivity contribution in [1.29, 1.82) is 0 Å². The van der Waals surface area contributed by atoms with Gasteiger partial charge < -0.3 is 9.80 Å². The molecule has 4 nitrogen and oxygen atoms in total. The number of hydrogen-bond acceptors (Lipinski definition) is 5. The van der Waals surface area contributed by atoms with Gasteiger partial charge in [-0.25, -0.2) is 4.98 Å². The number of aldehydes is 1. The van der Waals surface area contributed by atoms with Crippen LogP contribution in [0.1, 0.15) is 28.7 Å². The fourth-order valence-corrected chi connectivity index (χ4v) is 3.17. The van der Waals surface area contributed by atoms with E-state index in [4.69, 9.17) is 0 Å². The quantitative estimate of drug-likeness (QED) is 0.765. The summed E-state index contributed by atoms with van der Waals surface area (Å²) in [5, 5.41) is 1.01. The van der Waals surface area contributed by atoms with E-state index in [1.165, 1.54) is 17.8 Å². The van der Waals surface area contributed by atoms with Gasteiger partial charge in [-0.15, -0.1) is 0 Å². The lowest BCUT2D eigenvalue weighted by atomic mass is 10.2. The third kappa shape index (κ3) is 2.50. The zero-order valence-corrected chi connectivity index (χ0v) is 11.5. The van der Waals surface area contributed by atoms with Crippen LogP contribution in [0, 0.1) is 0 Å². The van der Waals surface area contributed by atoms with Gasteiger partial charge in [-0.05, 0) is 26.9 Å². The van der Waals surface area contributed by atoms with Crippen molar-refractivity contribution < 1.29 is 4.79 Å². The van der Waals surface area contributed by atoms with Crippen LogP contribution in [0.5, 0.6) is 0 Å². The van der Waals surface area contributed by atoms with Gasteiger partial charge >= 0.3 is 0 Å². The molecule has 1 aliphatic heterocycles. The summed E-state index contributed by atoms with van der Waals surface area (Å²) in [7, 11) is 4.23. The molecule has 0 spiro atoms. The number of aryl methyl sites for hydroxylation is 1. The molecule has 17 heavy (non-hydrogen) atoms. The number of hydrogen-bond donors (Lipinski definition) is 0. The van der Waals surface area contributed by atoms with Gasteiger partial charge in [0.25, 0.3) is 0 Å².